The summed E-state index contributed by atoms with van der Waals surface area (Å²) in [5.74, 6) is -1.99. The van der Waals surface area contributed by atoms with E-state index in [1.807, 2.05) is 7.05 Å². The second kappa shape index (κ2) is 9.42. The Balaban J connectivity index is 1.69. The Morgan fingerprint density at radius 2 is 2.13 bits per heavy atom. The molecule has 0 saturated heterocycles. The molecule has 1 fully saturated rings. The highest BCUT2D eigenvalue weighted by atomic mass is 35.5. The van der Waals surface area contributed by atoms with Crippen LogP contribution in [0, 0.1) is 11.7 Å². The Hall–Kier alpha value is -2.01. The molecule has 0 bridgehead atoms. The monoisotopic (exact) mass is 457 g/mol. The van der Waals surface area contributed by atoms with E-state index in [-0.39, 0.29) is 22.3 Å². The second-order valence-electron chi connectivity index (χ2n) is 7.60. The molecule has 1 heterocycles. The highest BCUT2D eigenvalue weighted by Crippen LogP contribution is 2.27. The zero-order valence-corrected chi connectivity index (χ0v) is 18.4. The molecule has 30 heavy (non-hydrogen) atoms. The minimum Gasteiger partial charge on any atom is -0.340 e. The SMILES string of the molecule is CNC1CCCC(CS(=O)(=O)NNC(=O)c2cc(-c3cn(C)cn3)cc(Cl)c2F)C1. The normalized spacial score (nSPS) is 19.6. The number of carbonyl (C=O) groups excluding carboxylic acids is 1. The average Bonchev–Trinajstić information content (AvgIpc) is 3.14. The van der Waals surface area contributed by atoms with E-state index in [0.29, 0.717) is 17.3 Å². The van der Waals surface area contributed by atoms with Crippen molar-refractivity contribution in [3.63, 3.8) is 0 Å². The molecule has 1 aromatic carbocycles. The molecule has 8 nitrogen and oxygen atoms in total. The first-order valence-electron chi connectivity index (χ1n) is 9.63. The van der Waals surface area contributed by atoms with E-state index in [9.17, 15) is 17.6 Å². The Morgan fingerprint density at radius 1 is 1.37 bits per heavy atom. The van der Waals surface area contributed by atoms with Crippen LogP contribution in [-0.4, -0.2) is 42.7 Å². The number of aromatic nitrogens is 2. The van der Waals surface area contributed by atoms with Crippen LogP contribution in [0.1, 0.15) is 36.0 Å². The van der Waals surface area contributed by atoms with Gasteiger partial charge in [-0.15, -0.1) is 4.83 Å². The van der Waals surface area contributed by atoms with E-state index < -0.39 is 21.7 Å². The predicted octanol–water partition coefficient (Wildman–Crippen LogP) is 2.22. The van der Waals surface area contributed by atoms with E-state index in [1.54, 1.807) is 24.1 Å². The van der Waals surface area contributed by atoms with Gasteiger partial charge in [0.1, 0.15) is 0 Å². The van der Waals surface area contributed by atoms with Crippen molar-refractivity contribution in [1.29, 1.82) is 0 Å². The number of hydrogen-bond donors (Lipinski definition) is 3. The van der Waals surface area contributed by atoms with Gasteiger partial charge in [-0.1, -0.05) is 18.0 Å². The maximum Gasteiger partial charge on any atom is 0.269 e. The molecule has 2 unspecified atom stereocenters. The van der Waals surface area contributed by atoms with Gasteiger partial charge >= 0.3 is 0 Å². The van der Waals surface area contributed by atoms with Crippen molar-refractivity contribution in [2.24, 2.45) is 13.0 Å². The molecule has 3 N–H and O–H groups in total. The molecule has 1 saturated carbocycles. The molecule has 1 aliphatic rings. The molecule has 3 rings (SSSR count). The third-order valence-electron chi connectivity index (χ3n) is 5.24. The van der Waals surface area contributed by atoms with E-state index in [4.69, 9.17) is 11.6 Å². The molecule has 0 spiro atoms. The van der Waals surface area contributed by atoms with Gasteiger partial charge in [-0.2, -0.15) is 0 Å². The number of nitrogens with one attached hydrogen (secondary N) is 3. The Morgan fingerprint density at radius 3 is 2.80 bits per heavy atom. The maximum atomic E-state index is 14.4. The van der Waals surface area contributed by atoms with Crippen molar-refractivity contribution < 1.29 is 17.6 Å². The van der Waals surface area contributed by atoms with Crippen LogP contribution in [0.2, 0.25) is 5.02 Å². The van der Waals surface area contributed by atoms with Crippen LogP contribution in [0.25, 0.3) is 11.3 Å². The number of hydrogen-bond acceptors (Lipinski definition) is 5. The summed E-state index contributed by atoms with van der Waals surface area (Å²) in [6, 6.07) is 2.94. The van der Waals surface area contributed by atoms with Crippen molar-refractivity contribution in [2.75, 3.05) is 12.8 Å². The standard InChI is InChI=1S/C19H25ClFN5O3S/c1-22-14-5-3-4-12(6-14)10-30(28,29)25-24-19(27)15-7-13(8-16(20)18(15)21)17-9-26(2)11-23-17/h7-9,11-12,14,22,25H,3-6,10H2,1-2H3,(H,24,27). The summed E-state index contributed by atoms with van der Waals surface area (Å²) >= 11 is 5.93. The van der Waals surface area contributed by atoms with Crippen LogP contribution < -0.4 is 15.6 Å². The number of hydrazine groups is 1. The van der Waals surface area contributed by atoms with Gasteiger partial charge in [-0.25, -0.2) is 17.8 Å². The Kier molecular flexibility index (Phi) is 7.12. The zero-order chi connectivity index (χ0) is 21.9. The summed E-state index contributed by atoms with van der Waals surface area (Å²) in [7, 11) is -0.146. The highest BCUT2D eigenvalue weighted by Gasteiger charge is 2.26. The summed E-state index contributed by atoms with van der Waals surface area (Å²) < 4.78 is 40.9. The number of amides is 1. The van der Waals surface area contributed by atoms with E-state index in [2.05, 4.69) is 20.6 Å². The lowest BCUT2D eigenvalue weighted by atomic mass is 9.87. The number of benzene rings is 1. The van der Waals surface area contributed by atoms with Gasteiger partial charge in [-0.3, -0.25) is 10.2 Å². The van der Waals surface area contributed by atoms with Gasteiger partial charge in [0.15, 0.2) is 5.82 Å². The zero-order valence-electron chi connectivity index (χ0n) is 16.8. The molecular formula is C19H25ClFN5O3S. The van der Waals surface area contributed by atoms with Crippen LogP contribution in [0.15, 0.2) is 24.7 Å². The lowest BCUT2D eigenvalue weighted by Gasteiger charge is -2.28. The highest BCUT2D eigenvalue weighted by molar-refractivity contribution is 7.89. The molecule has 1 aliphatic carbocycles. The number of nitrogens with zero attached hydrogens (tertiary/aromatic N) is 2. The molecule has 0 aliphatic heterocycles. The lowest BCUT2D eigenvalue weighted by Crippen LogP contribution is -2.45. The largest absolute Gasteiger partial charge is 0.340 e. The summed E-state index contributed by atoms with van der Waals surface area (Å²) in [5.41, 5.74) is 2.66. The molecule has 164 valence electrons. The third kappa shape index (κ3) is 5.57. The molecular weight excluding hydrogens is 433 g/mol. The number of rotatable bonds is 7. The third-order valence-corrected chi connectivity index (χ3v) is 6.84. The molecule has 2 aromatic rings. The van der Waals surface area contributed by atoms with Gasteiger partial charge in [0.25, 0.3) is 5.91 Å². The lowest BCUT2D eigenvalue weighted by molar-refractivity contribution is 0.0941. The van der Waals surface area contributed by atoms with Crippen molar-refractivity contribution >= 4 is 27.5 Å². The fraction of sp³-hybridized carbons (Fsp3) is 0.474. The van der Waals surface area contributed by atoms with Crippen molar-refractivity contribution in [2.45, 2.75) is 31.7 Å². The average molecular weight is 458 g/mol. The van der Waals surface area contributed by atoms with Gasteiger partial charge in [0.2, 0.25) is 10.0 Å². The van der Waals surface area contributed by atoms with Gasteiger partial charge in [-0.05, 0) is 44.4 Å². The van der Waals surface area contributed by atoms with Crippen LogP contribution >= 0.6 is 11.6 Å². The van der Waals surface area contributed by atoms with Crippen molar-refractivity contribution in [1.82, 2.24) is 25.1 Å². The fourth-order valence-corrected chi connectivity index (χ4v) is 5.19. The number of imidazole rings is 1. The first-order valence-corrected chi connectivity index (χ1v) is 11.7. The van der Waals surface area contributed by atoms with Gasteiger partial charge < -0.3 is 9.88 Å². The number of carbonyl (C=O) groups is 1. The van der Waals surface area contributed by atoms with E-state index in [0.717, 1.165) is 25.7 Å². The Bertz CT molecular complexity index is 1030. The van der Waals surface area contributed by atoms with Crippen LogP contribution in [-0.2, 0) is 17.1 Å². The quantitative estimate of drug-likeness (QED) is 0.553. The first kappa shape index (κ1) is 22.7. The molecule has 1 aromatic heterocycles. The molecule has 0 radical (unpaired) electrons. The maximum absolute atomic E-state index is 14.4. The number of halogens is 2. The smallest absolute Gasteiger partial charge is 0.269 e. The molecule has 2 atom stereocenters. The minimum atomic E-state index is -3.78. The Labute approximate surface area is 180 Å². The van der Waals surface area contributed by atoms with Crippen LogP contribution in [0.5, 0.6) is 0 Å². The van der Waals surface area contributed by atoms with Gasteiger partial charge in [0, 0.05) is 24.8 Å². The number of sulfonamides is 1. The van der Waals surface area contributed by atoms with Crippen LogP contribution in [0.3, 0.4) is 0 Å². The summed E-state index contributed by atoms with van der Waals surface area (Å²) in [6.07, 6.45) is 6.78. The molecule has 1 amide bonds. The van der Waals surface area contributed by atoms with Crippen LogP contribution in [0.4, 0.5) is 4.39 Å². The summed E-state index contributed by atoms with van der Waals surface area (Å²) in [4.78, 5) is 18.7. The van der Waals surface area contributed by atoms with E-state index in [1.165, 1.54) is 12.1 Å². The number of aryl methyl sites for hydroxylation is 1. The predicted molar refractivity (Wildman–Crippen MR) is 113 cm³/mol. The summed E-state index contributed by atoms with van der Waals surface area (Å²) in [5, 5.41) is 2.92. The second-order valence-corrected chi connectivity index (χ2v) is 9.77. The van der Waals surface area contributed by atoms with Gasteiger partial charge in [0.05, 0.1) is 28.4 Å². The van der Waals surface area contributed by atoms with Crippen molar-refractivity contribution in [3.8, 4) is 11.3 Å². The minimum absolute atomic E-state index is 0.00994. The fourth-order valence-electron chi connectivity index (χ4n) is 3.71. The first-order chi connectivity index (χ1) is 14.2. The van der Waals surface area contributed by atoms with Crippen molar-refractivity contribution in [3.05, 3.63) is 41.1 Å². The summed E-state index contributed by atoms with van der Waals surface area (Å²) in [6.45, 7) is 0. The topological polar surface area (TPSA) is 105 Å². The molecule has 11 heteroatoms. The van der Waals surface area contributed by atoms with E-state index >= 15 is 0 Å².